The first-order valence-corrected chi connectivity index (χ1v) is 4.99. The predicted molar refractivity (Wildman–Crippen MR) is 54.5 cm³/mol. The summed E-state index contributed by atoms with van der Waals surface area (Å²) >= 11 is 5.78. The van der Waals surface area contributed by atoms with E-state index in [1.54, 1.807) is 0 Å². The van der Waals surface area contributed by atoms with Gasteiger partial charge in [0.2, 0.25) is 0 Å². The fraction of sp³-hybridized carbons (Fsp3) is 0.455. The van der Waals surface area contributed by atoms with Crippen molar-refractivity contribution in [1.82, 2.24) is 0 Å². The number of benzene rings is 1. The molecule has 1 heterocycles. The lowest BCUT2D eigenvalue weighted by molar-refractivity contribution is 0.291. The van der Waals surface area contributed by atoms with Crippen molar-refractivity contribution >= 4 is 11.6 Å². The normalized spacial score (nSPS) is 18.1. The molecule has 0 atom stereocenters. The average molecular weight is 197 g/mol. The van der Waals surface area contributed by atoms with Crippen LogP contribution in [-0.2, 0) is 11.3 Å². The second-order valence-electron chi connectivity index (χ2n) is 4.14. The third kappa shape index (κ3) is 1.42. The number of ether oxygens (including phenoxy) is 1. The van der Waals surface area contributed by atoms with Gasteiger partial charge in [0.05, 0.1) is 6.61 Å². The van der Waals surface area contributed by atoms with Crippen LogP contribution < -0.4 is 4.74 Å². The van der Waals surface area contributed by atoms with E-state index in [4.69, 9.17) is 16.3 Å². The van der Waals surface area contributed by atoms with Crippen molar-refractivity contribution in [3.8, 4) is 5.75 Å². The van der Waals surface area contributed by atoms with Gasteiger partial charge in [-0.25, -0.2) is 0 Å². The van der Waals surface area contributed by atoms with E-state index in [-0.39, 0.29) is 5.41 Å². The van der Waals surface area contributed by atoms with E-state index in [0.29, 0.717) is 5.88 Å². The number of alkyl halides is 1. The summed E-state index contributed by atoms with van der Waals surface area (Å²) in [7, 11) is 0. The zero-order valence-electron chi connectivity index (χ0n) is 7.93. The molecule has 0 unspecified atom stereocenters. The molecular formula is C11H13ClO. The van der Waals surface area contributed by atoms with Gasteiger partial charge in [0, 0.05) is 16.9 Å². The molecule has 0 bridgehead atoms. The maximum atomic E-state index is 5.78. The Balaban J connectivity index is 2.50. The van der Waals surface area contributed by atoms with Gasteiger partial charge in [-0.05, 0) is 11.6 Å². The second kappa shape index (κ2) is 2.91. The Morgan fingerprint density at radius 1 is 1.46 bits per heavy atom. The molecule has 70 valence electrons. The van der Waals surface area contributed by atoms with Crippen molar-refractivity contribution in [2.75, 3.05) is 6.61 Å². The summed E-state index contributed by atoms with van der Waals surface area (Å²) in [5.41, 5.74) is 2.59. The Morgan fingerprint density at radius 3 is 2.92 bits per heavy atom. The molecule has 2 rings (SSSR count). The standard InChI is InChI=1S/C11H13ClO/c1-11(2)7-13-10-4-3-8(6-12)5-9(10)11/h3-5H,6-7H2,1-2H3. The Labute approximate surface area is 83.7 Å². The van der Waals surface area contributed by atoms with Crippen LogP contribution in [0.3, 0.4) is 0 Å². The minimum absolute atomic E-state index is 0.136. The second-order valence-corrected chi connectivity index (χ2v) is 4.40. The lowest BCUT2D eigenvalue weighted by atomic mass is 9.86. The molecule has 1 nitrogen and oxygen atoms in total. The highest BCUT2D eigenvalue weighted by Gasteiger charge is 2.31. The van der Waals surface area contributed by atoms with Gasteiger partial charge in [-0.2, -0.15) is 0 Å². The third-order valence-corrected chi connectivity index (χ3v) is 2.82. The largest absolute Gasteiger partial charge is 0.492 e. The van der Waals surface area contributed by atoms with Gasteiger partial charge in [-0.3, -0.25) is 0 Å². The summed E-state index contributed by atoms with van der Waals surface area (Å²) in [5.74, 6) is 1.59. The molecule has 0 aliphatic carbocycles. The summed E-state index contributed by atoms with van der Waals surface area (Å²) in [6.45, 7) is 5.15. The van der Waals surface area contributed by atoms with Crippen LogP contribution in [0.5, 0.6) is 5.75 Å². The van der Waals surface area contributed by atoms with Crippen LogP contribution in [0.1, 0.15) is 25.0 Å². The molecule has 2 heteroatoms. The topological polar surface area (TPSA) is 9.23 Å². The molecule has 0 radical (unpaired) electrons. The van der Waals surface area contributed by atoms with Gasteiger partial charge in [-0.1, -0.05) is 26.0 Å². The Bertz CT molecular complexity index is 331. The molecular weight excluding hydrogens is 184 g/mol. The van der Waals surface area contributed by atoms with Gasteiger partial charge in [0.15, 0.2) is 0 Å². The Kier molecular flexibility index (Phi) is 1.99. The predicted octanol–water partition coefficient (Wildman–Crippen LogP) is 3.10. The smallest absolute Gasteiger partial charge is 0.123 e. The minimum Gasteiger partial charge on any atom is -0.492 e. The number of fused-ring (bicyclic) bond motifs is 1. The lowest BCUT2D eigenvalue weighted by Gasteiger charge is -2.15. The van der Waals surface area contributed by atoms with Crippen LogP contribution in [-0.4, -0.2) is 6.61 Å². The monoisotopic (exact) mass is 196 g/mol. The summed E-state index contributed by atoms with van der Waals surface area (Å²) in [6.07, 6.45) is 0. The molecule has 0 saturated carbocycles. The summed E-state index contributed by atoms with van der Waals surface area (Å²) in [5, 5.41) is 0. The van der Waals surface area contributed by atoms with Crippen LogP contribution in [0.25, 0.3) is 0 Å². The summed E-state index contributed by atoms with van der Waals surface area (Å²) in [4.78, 5) is 0. The fourth-order valence-corrected chi connectivity index (χ4v) is 1.82. The van der Waals surface area contributed by atoms with Gasteiger partial charge in [0.1, 0.15) is 5.75 Å². The van der Waals surface area contributed by atoms with E-state index in [9.17, 15) is 0 Å². The van der Waals surface area contributed by atoms with Crippen LogP contribution >= 0.6 is 11.6 Å². The van der Waals surface area contributed by atoms with E-state index in [0.717, 1.165) is 12.4 Å². The van der Waals surface area contributed by atoms with Gasteiger partial charge < -0.3 is 4.74 Å². The SMILES string of the molecule is CC1(C)COc2ccc(CCl)cc21. The highest BCUT2D eigenvalue weighted by atomic mass is 35.5. The molecule has 1 aromatic carbocycles. The van der Waals surface area contributed by atoms with Crippen molar-refractivity contribution < 1.29 is 4.74 Å². The van der Waals surface area contributed by atoms with Gasteiger partial charge in [0.25, 0.3) is 0 Å². The Morgan fingerprint density at radius 2 is 2.23 bits per heavy atom. The van der Waals surface area contributed by atoms with Crippen molar-refractivity contribution in [3.63, 3.8) is 0 Å². The van der Waals surface area contributed by atoms with Crippen molar-refractivity contribution in [1.29, 1.82) is 0 Å². The highest BCUT2D eigenvalue weighted by molar-refractivity contribution is 6.17. The molecule has 0 aromatic heterocycles. The molecule has 0 fully saturated rings. The van der Waals surface area contributed by atoms with E-state index in [2.05, 4.69) is 19.9 Å². The van der Waals surface area contributed by atoms with Crippen molar-refractivity contribution in [3.05, 3.63) is 29.3 Å². The highest BCUT2D eigenvalue weighted by Crippen LogP contribution is 2.38. The third-order valence-electron chi connectivity index (χ3n) is 2.52. The van der Waals surface area contributed by atoms with E-state index < -0.39 is 0 Å². The molecule has 0 N–H and O–H groups in total. The van der Waals surface area contributed by atoms with Crippen molar-refractivity contribution in [2.45, 2.75) is 25.1 Å². The molecule has 1 aromatic rings. The fourth-order valence-electron chi connectivity index (χ4n) is 1.65. The number of hydrogen-bond donors (Lipinski definition) is 0. The van der Waals surface area contributed by atoms with Gasteiger partial charge >= 0.3 is 0 Å². The van der Waals surface area contributed by atoms with E-state index in [1.165, 1.54) is 11.1 Å². The number of hydrogen-bond acceptors (Lipinski definition) is 1. The zero-order valence-corrected chi connectivity index (χ0v) is 8.69. The molecule has 0 saturated heterocycles. The molecule has 13 heavy (non-hydrogen) atoms. The lowest BCUT2D eigenvalue weighted by Crippen LogP contribution is -2.18. The zero-order chi connectivity index (χ0) is 9.47. The van der Waals surface area contributed by atoms with Crippen LogP contribution in [0.15, 0.2) is 18.2 Å². The first kappa shape index (κ1) is 8.89. The summed E-state index contributed by atoms with van der Waals surface area (Å²) in [6, 6.07) is 6.18. The van der Waals surface area contributed by atoms with Crippen LogP contribution in [0, 0.1) is 0 Å². The van der Waals surface area contributed by atoms with Crippen LogP contribution in [0.4, 0.5) is 0 Å². The minimum atomic E-state index is 0.136. The van der Waals surface area contributed by atoms with Crippen molar-refractivity contribution in [2.24, 2.45) is 0 Å². The first-order valence-electron chi connectivity index (χ1n) is 4.46. The van der Waals surface area contributed by atoms with E-state index >= 15 is 0 Å². The maximum Gasteiger partial charge on any atom is 0.123 e. The molecule has 1 aliphatic rings. The van der Waals surface area contributed by atoms with E-state index in [1.807, 2.05) is 12.1 Å². The van der Waals surface area contributed by atoms with Gasteiger partial charge in [-0.15, -0.1) is 11.6 Å². The summed E-state index contributed by atoms with van der Waals surface area (Å²) < 4.78 is 5.57. The quantitative estimate of drug-likeness (QED) is 0.628. The molecule has 0 spiro atoms. The maximum absolute atomic E-state index is 5.78. The number of rotatable bonds is 1. The first-order chi connectivity index (χ1) is 6.13. The average Bonchev–Trinajstić information content (AvgIpc) is 2.42. The van der Waals surface area contributed by atoms with Crippen LogP contribution in [0.2, 0.25) is 0 Å². The molecule has 1 aliphatic heterocycles. The Hall–Kier alpha value is -0.690. The molecule has 0 amide bonds. The number of halogens is 1.